The Morgan fingerprint density at radius 1 is 1.19 bits per heavy atom. The lowest BCUT2D eigenvalue weighted by Crippen LogP contribution is -2.27. The Morgan fingerprint density at radius 2 is 2.00 bits per heavy atom. The molecule has 0 spiro atoms. The molecule has 0 aromatic carbocycles. The van der Waals surface area contributed by atoms with Gasteiger partial charge in [0.2, 0.25) is 5.91 Å². The molecule has 1 heterocycles. The highest BCUT2D eigenvalue weighted by atomic mass is 33.1. The van der Waals surface area contributed by atoms with Crippen molar-refractivity contribution in [2.24, 2.45) is 0 Å². The van der Waals surface area contributed by atoms with Gasteiger partial charge in [0.1, 0.15) is 0 Å². The van der Waals surface area contributed by atoms with Gasteiger partial charge in [0, 0.05) is 24.0 Å². The molecule has 2 N–H and O–H groups in total. The first-order valence-electron chi connectivity index (χ1n) is 7.64. The second-order valence-corrected chi connectivity index (χ2v) is 7.66. The maximum Gasteiger partial charge on any atom is 0.220 e. The summed E-state index contributed by atoms with van der Waals surface area (Å²) in [5.41, 5.74) is 0. The van der Waals surface area contributed by atoms with E-state index >= 15 is 0 Å². The van der Waals surface area contributed by atoms with Gasteiger partial charge in [0.25, 0.3) is 0 Å². The third-order valence-electron chi connectivity index (χ3n) is 3.08. The van der Waals surface area contributed by atoms with Crippen LogP contribution in [0.5, 0.6) is 0 Å². The summed E-state index contributed by atoms with van der Waals surface area (Å²) < 4.78 is 10.3. The molecule has 1 aliphatic rings. The van der Waals surface area contributed by atoms with Crippen LogP contribution in [0.4, 0.5) is 0 Å². The maximum atomic E-state index is 11.6. The predicted octanol–water partition coefficient (Wildman–Crippen LogP) is 1.84. The number of aliphatic hydroxyl groups excluding tert-OH is 1. The molecule has 0 unspecified atom stereocenters. The van der Waals surface area contributed by atoms with Gasteiger partial charge in [-0.1, -0.05) is 28.0 Å². The SMILES string of the molecule is O=C(CCCC[C@H]1CCSS1)NCCOCCOCCO. The number of hydrogen-bond acceptors (Lipinski definition) is 6. The highest BCUT2D eigenvalue weighted by Crippen LogP contribution is 2.39. The molecule has 0 aromatic rings. The first-order valence-corrected chi connectivity index (χ1v) is 10.0. The van der Waals surface area contributed by atoms with Crippen LogP contribution >= 0.6 is 21.6 Å². The van der Waals surface area contributed by atoms with E-state index in [1.54, 1.807) is 0 Å². The van der Waals surface area contributed by atoms with Crippen molar-refractivity contribution in [1.82, 2.24) is 5.32 Å². The Labute approximate surface area is 135 Å². The summed E-state index contributed by atoms with van der Waals surface area (Å²) in [4.78, 5) is 11.6. The van der Waals surface area contributed by atoms with Crippen molar-refractivity contribution in [1.29, 1.82) is 0 Å². The molecular formula is C14H27NO4S2. The van der Waals surface area contributed by atoms with Crippen molar-refractivity contribution in [2.75, 3.05) is 45.3 Å². The molecule has 5 nitrogen and oxygen atoms in total. The Hall–Kier alpha value is 0.0500. The third kappa shape index (κ3) is 11.3. The summed E-state index contributed by atoms with van der Waals surface area (Å²) >= 11 is 0. The van der Waals surface area contributed by atoms with Crippen LogP contribution in [0.3, 0.4) is 0 Å². The normalized spacial score (nSPS) is 18.0. The minimum absolute atomic E-state index is 0.0360. The minimum atomic E-state index is 0.0360. The molecule has 0 aromatic heterocycles. The minimum Gasteiger partial charge on any atom is -0.394 e. The van der Waals surface area contributed by atoms with Crippen LogP contribution in [0.15, 0.2) is 0 Å². The van der Waals surface area contributed by atoms with E-state index in [2.05, 4.69) is 5.32 Å². The number of carbonyl (C=O) groups excluding carboxylic acids is 1. The van der Waals surface area contributed by atoms with Crippen molar-refractivity contribution in [3.05, 3.63) is 0 Å². The van der Waals surface area contributed by atoms with Crippen molar-refractivity contribution < 1.29 is 19.4 Å². The van der Waals surface area contributed by atoms with Gasteiger partial charge >= 0.3 is 0 Å². The fourth-order valence-electron chi connectivity index (χ4n) is 1.96. The van der Waals surface area contributed by atoms with Crippen LogP contribution in [0.25, 0.3) is 0 Å². The summed E-state index contributed by atoms with van der Waals surface area (Å²) in [5, 5.41) is 12.2. The molecular weight excluding hydrogens is 310 g/mol. The zero-order valence-electron chi connectivity index (χ0n) is 12.6. The molecule has 7 heteroatoms. The van der Waals surface area contributed by atoms with Crippen LogP contribution in [0.1, 0.15) is 32.1 Å². The molecule has 0 bridgehead atoms. The molecule has 1 atom stereocenters. The molecule has 0 radical (unpaired) electrons. The van der Waals surface area contributed by atoms with Crippen molar-refractivity contribution in [2.45, 2.75) is 37.4 Å². The van der Waals surface area contributed by atoms with Gasteiger partial charge < -0.3 is 19.9 Å². The van der Waals surface area contributed by atoms with E-state index in [0.717, 1.165) is 18.1 Å². The first kappa shape index (κ1) is 19.1. The first-order chi connectivity index (χ1) is 10.3. The fraction of sp³-hybridized carbons (Fsp3) is 0.929. The van der Waals surface area contributed by atoms with Gasteiger partial charge in [-0.25, -0.2) is 0 Å². The molecule has 1 amide bonds. The van der Waals surface area contributed by atoms with Crippen LogP contribution in [0.2, 0.25) is 0 Å². The Balaban J connectivity index is 1.78. The molecule has 1 aliphatic heterocycles. The third-order valence-corrected chi connectivity index (χ3v) is 6.09. The van der Waals surface area contributed by atoms with Crippen LogP contribution < -0.4 is 5.32 Å². The van der Waals surface area contributed by atoms with E-state index in [0.29, 0.717) is 39.4 Å². The van der Waals surface area contributed by atoms with E-state index in [1.807, 2.05) is 21.6 Å². The highest BCUT2D eigenvalue weighted by Gasteiger charge is 2.15. The average molecular weight is 338 g/mol. The smallest absolute Gasteiger partial charge is 0.220 e. The molecule has 1 rings (SSSR count). The molecule has 124 valence electrons. The standard InChI is InChI=1S/C14H27NO4S2/c16-7-9-19-11-10-18-8-6-15-14(17)4-2-1-3-13-5-12-20-21-13/h13,16H,1-12H2,(H,15,17)/t13-/m0/s1. The highest BCUT2D eigenvalue weighted by molar-refractivity contribution is 8.77. The maximum absolute atomic E-state index is 11.6. The Bertz CT molecular complexity index is 263. The summed E-state index contributed by atoms with van der Waals surface area (Å²) in [7, 11) is 3.97. The van der Waals surface area contributed by atoms with Gasteiger partial charge in [-0.05, 0) is 19.3 Å². The average Bonchev–Trinajstić information content (AvgIpc) is 3.00. The van der Waals surface area contributed by atoms with E-state index in [9.17, 15) is 4.79 Å². The van der Waals surface area contributed by atoms with E-state index in [-0.39, 0.29) is 12.5 Å². The second kappa shape index (κ2) is 13.7. The summed E-state index contributed by atoms with van der Waals surface area (Å²) in [6.45, 7) is 2.41. The van der Waals surface area contributed by atoms with Crippen LogP contribution in [0, 0.1) is 0 Å². The second-order valence-electron chi connectivity index (χ2n) is 4.87. The number of unbranched alkanes of at least 4 members (excludes halogenated alkanes) is 1. The monoisotopic (exact) mass is 337 g/mol. The Kier molecular flexibility index (Phi) is 12.5. The summed E-state index contributed by atoms with van der Waals surface area (Å²) in [6, 6.07) is 0. The fourth-order valence-corrected chi connectivity index (χ4v) is 4.99. The van der Waals surface area contributed by atoms with Crippen molar-refractivity contribution in [3.8, 4) is 0 Å². The lowest BCUT2D eigenvalue weighted by Gasteiger charge is -2.08. The Morgan fingerprint density at radius 3 is 2.71 bits per heavy atom. The quantitative estimate of drug-likeness (QED) is 0.395. The molecule has 0 aliphatic carbocycles. The summed E-state index contributed by atoms with van der Waals surface area (Å²) in [6.07, 6.45) is 5.29. The van der Waals surface area contributed by atoms with Crippen LogP contribution in [-0.2, 0) is 14.3 Å². The predicted molar refractivity (Wildman–Crippen MR) is 88.7 cm³/mol. The van der Waals surface area contributed by atoms with E-state index in [1.165, 1.54) is 18.6 Å². The number of ether oxygens (including phenoxy) is 2. The van der Waals surface area contributed by atoms with Gasteiger partial charge in [0.05, 0.1) is 33.0 Å². The van der Waals surface area contributed by atoms with Crippen molar-refractivity contribution >= 4 is 27.5 Å². The molecule has 1 fully saturated rings. The molecule has 1 saturated heterocycles. The van der Waals surface area contributed by atoms with E-state index in [4.69, 9.17) is 14.6 Å². The number of rotatable bonds is 13. The number of nitrogens with one attached hydrogen (secondary N) is 1. The number of hydrogen-bond donors (Lipinski definition) is 2. The van der Waals surface area contributed by atoms with Gasteiger partial charge in [-0.3, -0.25) is 4.79 Å². The lowest BCUT2D eigenvalue weighted by atomic mass is 10.1. The van der Waals surface area contributed by atoms with Gasteiger partial charge in [-0.2, -0.15) is 0 Å². The summed E-state index contributed by atoms with van der Waals surface area (Å²) in [5.74, 6) is 1.39. The lowest BCUT2D eigenvalue weighted by molar-refractivity contribution is -0.121. The zero-order valence-corrected chi connectivity index (χ0v) is 14.2. The zero-order chi connectivity index (χ0) is 15.2. The largest absolute Gasteiger partial charge is 0.394 e. The van der Waals surface area contributed by atoms with Crippen LogP contribution in [-0.4, -0.2) is 61.6 Å². The topological polar surface area (TPSA) is 67.8 Å². The van der Waals surface area contributed by atoms with Gasteiger partial charge in [0.15, 0.2) is 0 Å². The number of aliphatic hydroxyl groups is 1. The number of carbonyl (C=O) groups is 1. The number of amides is 1. The molecule has 0 saturated carbocycles. The van der Waals surface area contributed by atoms with E-state index < -0.39 is 0 Å². The van der Waals surface area contributed by atoms with Crippen molar-refractivity contribution in [3.63, 3.8) is 0 Å². The van der Waals surface area contributed by atoms with Gasteiger partial charge in [-0.15, -0.1) is 0 Å². The molecule has 21 heavy (non-hydrogen) atoms.